The molecule has 0 heterocycles. The van der Waals surface area contributed by atoms with Crippen molar-refractivity contribution in [1.82, 2.24) is 0 Å². The Labute approximate surface area is 69.2 Å². The molecule has 1 nitrogen and oxygen atoms in total. The number of hydrogen-bond donors (Lipinski definition) is 0. The number of nitrogens with zero attached hydrogens (tertiary/aromatic N) is 1. The Bertz CT molecular complexity index is 303. The zero-order valence-corrected chi connectivity index (χ0v) is 6.40. The van der Waals surface area contributed by atoms with Gasteiger partial charge in [-0.1, -0.05) is 11.6 Å². The number of rotatable bonds is 1. The molecular formula is C8H5ClFN. The van der Waals surface area contributed by atoms with E-state index in [2.05, 4.69) is 4.85 Å². The maximum atomic E-state index is 12.5. The number of benzene rings is 1. The predicted molar refractivity (Wildman–Crippen MR) is 41.7 cm³/mol. The summed E-state index contributed by atoms with van der Waals surface area (Å²) < 4.78 is 12.5. The van der Waals surface area contributed by atoms with Crippen LogP contribution in [-0.4, -0.2) is 0 Å². The van der Waals surface area contributed by atoms with Crippen molar-refractivity contribution in [2.75, 3.05) is 0 Å². The molecule has 0 aliphatic heterocycles. The van der Waals surface area contributed by atoms with Gasteiger partial charge in [0, 0.05) is 5.56 Å². The first-order chi connectivity index (χ1) is 5.24. The quantitative estimate of drug-likeness (QED) is 0.570. The van der Waals surface area contributed by atoms with Gasteiger partial charge in [-0.3, -0.25) is 0 Å². The molecular weight excluding hydrogens is 165 g/mol. The van der Waals surface area contributed by atoms with Crippen LogP contribution in [0.4, 0.5) is 4.39 Å². The molecule has 1 rings (SSSR count). The van der Waals surface area contributed by atoms with Crippen LogP contribution in [0.15, 0.2) is 18.2 Å². The molecule has 0 unspecified atom stereocenters. The molecule has 3 heteroatoms. The first-order valence-electron chi connectivity index (χ1n) is 3.01. The Balaban J connectivity index is 2.98. The average Bonchev–Trinajstić information content (AvgIpc) is 1.98. The molecule has 1 aromatic rings. The topological polar surface area (TPSA) is 4.36 Å². The van der Waals surface area contributed by atoms with Crippen LogP contribution >= 0.6 is 11.6 Å². The van der Waals surface area contributed by atoms with Crippen molar-refractivity contribution < 1.29 is 4.39 Å². The summed E-state index contributed by atoms with van der Waals surface area (Å²) in [6.07, 6.45) is 0. The van der Waals surface area contributed by atoms with Crippen molar-refractivity contribution in [3.63, 3.8) is 0 Å². The van der Waals surface area contributed by atoms with Crippen molar-refractivity contribution in [2.24, 2.45) is 0 Å². The van der Waals surface area contributed by atoms with Gasteiger partial charge in [-0.2, -0.15) is 0 Å². The summed E-state index contributed by atoms with van der Waals surface area (Å²) in [5.41, 5.74) is 0.742. The summed E-state index contributed by atoms with van der Waals surface area (Å²) in [4.78, 5) is 3.15. The normalized spacial score (nSPS) is 9.18. The Kier molecular flexibility index (Phi) is 2.45. The fourth-order valence-corrected chi connectivity index (χ4v) is 0.932. The van der Waals surface area contributed by atoms with E-state index in [-0.39, 0.29) is 11.6 Å². The second kappa shape index (κ2) is 3.36. The van der Waals surface area contributed by atoms with Crippen molar-refractivity contribution in [1.29, 1.82) is 0 Å². The lowest BCUT2D eigenvalue weighted by Gasteiger charge is -1.94. The largest absolute Gasteiger partial charge is 0.312 e. The van der Waals surface area contributed by atoms with Gasteiger partial charge >= 0.3 is 0 Å². The summed E-state index contributed by atoms with van der Waals surface area (Å²) in [6, 6.07) is 4.29. The highest BCUT2D eigenvalue weighted by molar-refractivity contribution is 6.30. The Morgan fingerprint density at radius 1 is 1.55 bits per heavy atom. The van der Waals surface area contributed by atoms with Crippen LogP contribution in [0.3, 0.4) is 0 Å². The highest BCUT2D eigenvalue weighted by atomic mass is 35.5. The predicted octanol–water partition coefficient (Wildman–Crippen LogP) is 2.90. The van der Waals surface area contributed by atoms with Gasteiger partial charge in [0.15, 0.2) is 0 Å². The van der Waals surface area contributed by atoms with Gasteiger partial charge in [0.1, 0.15) is 5.82 Å². The van der Waals surface area contributed by atoms with E-state index in [1.54, 1.807) is 6.07 Å². The molecule has 0 saturated carbocycles. The molecule has 0 amide bonds. The summed E-state index contributed by atoms with van der Waals surface area (Å²) >= 11 is 5.47. The summed E-state index contributed by atoms with van der Waals surface area (Å²) in [6.45, 7) is 6.80. The van der Waals surface area contributed by atoms with E-state index in [9.17, 15) is 4.39 Å². The summed E-state index contributed by atoms with van der Waals surface area (Å²) in [7, 11) is 0. The Morgan fingerprint density at radius 3 is 2.82 bits per heavy atom. The van der Waals surface area contributed by atoms with E-state index in [0.29, 0.717) is 0 Å². The third-order valence-electron chi connectivity index (χ3n) is 1.25. The second-order valence-corrected chi connectivity index (χ2v) is 2.47. The lowest BCUT2D eigenvalue weighted by Crippen LogP contribution is -1.81. The van der Waals surface area contributed by atoms with Crippen molar-refractivity contribution in [3.8, 4) is 0 Å². The van der Waals surface area contributed by atoms with E-state index in [4.69, 9.17) is 18.2 Å². The van der Waals surface area contributed by atoms with Crippen LogP contribution in [0, 0.1) is 12.4 Å². The van der Waals surface area contributed by atoms with E-state index < -0.39 is 5.82 Å². The van der Waals surface area contributed by atoms with Gasteiger partial charge < -0.3 is 4.85 Å². The number of halogens is 2. The smallest absolute Gasteiger partial charge is 0.239 e. The van der Waals surface area contributed by atoms with E-state index >= 15 is 0 Å². The molecule has 11 heavy (non-hydrogen) atoms. The third kappa shape index (κ3) is 1.92. The van der Waals surface area contributed by atoms with Gasteiger partial charge in [-0.15, -0.1) is 0 Å². The summed E-state index contributed by atoms with van der Waals surface area (Å²) in [5.74, 6) is -0.444. The zero-order valence-electron chi connectivity index (χ0n) is 5.64. The molecule has 1 aromatic carbocycles. The maximum absolute atomic E-state index is 12.5. The minimum Gasteiger partial charge on any atom is -0.312 e. The van der Waals surface area contributed by atoms with Crippen LogP contribution in [0.5, 0.6) is 0 Å². The van der Waals surface area contributed by atoms with Crippen LogP contribution in [0.2, 0.25) is 5.02 Å². The standard InChI is InChI=1S/C8H5ClFN/c1-11-5-6-2-3-8(10)7(9)4-6/h2-4H,5H2. The van der Waals surface area contributed by atoms with Gasteiger partial charge in [0.05, 0.1) is 5.02 Å². The highest BCUT2D eigenvalue weighted by Gasteiger charge is 2.01. The van der Waals surface area contributed by atoms with Crippen LogP contribution in [-0.2, 0) is 6.54 Å². The second-order valence-electron chi connectivity index (χ2n) is 2.06. The Morgan fingerprint density at radius 2 is 2.27 bits per heavy atom. The van der Waals surface area contributed by atoms with Crippen LogP contribution < -0.4 is 0 Å². The molecule has 0 atom stereocenters. The van der Waals surface area contributed by atoms with E-state index in [0.717, 1.165) is 5.56 Å². The summed E-state index contributed by atoms with van der Waals surface area (Å²) in [5, 5.41) is 0.0751. The average molecular weight is 170 g/mol. The molecule has 0 bridgehead atoms. The molecule has 0 aliphatic rings. The van der Waals surface area contributed by atoms with Gasteiger partial charge in [0.2, 0.25) is 6.54 Å². The van der Waals surface area contributed by atoms with Crippen molar-refractivity contribution in [2.45, 2.75) is 6.54 Å². The minimum absolute atomic E-state index is 0.0751. The minimum atomic E-state index is -0.444. The molecule has 0 spiro atoms. The van der Waals surface area contributed by atoms with Crippen LogP contribution in [0.1, 0.15) is 5.56 Å². The zero-order chi connectivity index (χ0) is 8.27. The molecule has 0 saturated heterocycles. The molecule has 0 radical (unpaired) electrons. The highest BCUT2D eigenvalue weighted by Crippen LogP contribution is 2.16. The SMILES string of the molecule is [C-]#[N+]Cc1ccc(F)c(Cl)c1. The molecule has 0 N–H and O–H groups in total. The fourth-order valence-electron chi connectivity index (χ4n) is 0.729. The van der Waals surface area contributed by atoms with E-state index in [1.165, 1.54) is 12.1 Å². The van der Waals surface area contributed by atoms with Gasteiger partial charge in [-0.05, 0) is 18.2 Å². The van der Waals surface area contributed by atoms with Gasteiger partial charge in [0.25, 0.3) is 0 Å². The first-order valence-corrected chi connectivity index (χ1v) is 3.39. The van der Waals surface area contributed by atoms with E-state index in [1.807, 2.05) is 0 Å². The van der Waals surface area contributed by atoms with Crippen LogP contribution in [0.25, 0.3) is 4.85 Å². The first kappa shape index (κ1) is 8.03. The third-order valence-corrected chi connectivity index (χ3v) is 1.54. The molecule has 0 fully saturated rings. The van der Waals surface area contributed by atoms with Crippen molar-refractivity contribution >= 4 is 11.6 Å². The lowest BCUT2D eigenvalue weighted by molar-refractivity contribution is 0.627. The molecule has 0 aromatic heterocycles. The molecule has 0 aliphatic carbocycles. The fraction of sp³-hybridized carbons (Fsp3) is 0.125. The maximum Gasteiger partial charge on any atom is 0.239 e. The van der Waals surface area contributed by atoms with Crippen molar-refractivity contribution in [3.05, 3.63) is 46.0 Å². The number of hydrogen-bond acceptors (Lipinski definition) is 0. The van der Waals surface area contributed by atoms with Gasteiger partial charge in [-0.25, -0.2) is 11.0 Å². The Hall–Kier alpha value is -1.07. The lowest BCUT2D eigenvalue weighted by atomic mass is 10.2. The molecule has 56 valence electrons. The monoisotopic (exact) mass is 169 g/mol.